The van der Waals surface area contributed by atoms with Crippen LogP contribution in [-0.4, -0.2) is 26.5 Å². The highest BCUT2D eigenvalue weighted by Gasteiger charge is 2.31. The van der Waals surface area contributed by atoms with Gasteiger partial charge in [0.1, 0.15) is 12.4 Å². The van der Waals surface area contributed by atoms with Crippen LogP contribution in [-0.2, 0) is 24.1 Å². The van der Waals surface area contributed by atoms with E-state index >= 15 is 0 Å². The summed E-state index contributed by atoms with van der Waals surface area (Å²) in [5.41, 5.74) is -0.202. The number of carbonyl (C=O) groups is 1. The summed E-state index contributed by atoms with van der Waals surface area (Å²) in [4.78, 5) is 12.6. The number of rotatable bonds is 5. The van der Waals surface area contributed by atoms with Crippen LogP contribution in [0.5, 0.6) is 5.75 Å². The van der Waals surface area contributed by atoms with Gasteiger partial charge in [-0.05, 0) is 29.8 Å². The van der Waals surface area contributed by atoms with Gasteiger partial charge in [-0.15, -0.1) is 10.2 Å². The second kappa shape index (κ2) is 8.19. The van der Waals surface area contributed by atoms with E-state index in [1.165, 1.54) is 33.6 Å². The summed E-state index contributed by atoms with van der Waals surface area (Å²) in [6.07, 6.45) is -4.42. The van der Waals surface area contributed by atoms with E-state index in [0.717, 1.165) is 12.1 Å². The fraction of sp³-hybridized carbons (Fsp3) is 0.211. The van der Waals surface area contributed by atoms with E-state index in [9.17, 15) is 18.0 Å². The van der Waals surface area contributed by atoms with Gasteiger partial charge >= 0.3 is 6.18 Å². The van der Waals surface area contributed by atoms with Crippen LogP contribution < -0.4 is 9.75 Å². The number of aromatic nitrogens is 3. The van der Waals surface area contributed by atoms with E-state index in [1.54, 1.807) is 24.3 Å². The maximum absolute atomic E-state index is 12.8. The molecule has 11 heteroatoms. The zero-order valence-corrected chi connectivity index (χ0v) is 16.8. The smallest absolute Gasteiger partial charge is 0.416 e. The number of fused-ring (bicyclic) bond motifs is 1. The number of para-hydroxylation sites is 1. The second-order valence-corrected chi connectivity index (χ2v) is 7.71. The number of amides is 1. The number of thioether (sulfide) groups is 1. The first-order valence-electron chi connectivity index (χ1n) is 8.74. The highest BCUT2D eigenvalue weighted by molar-refractivity contribution is 7.99. The van der Waals surface area contributed by atoms with Crippen molar-refractivity contribution in [2.45, 2.75) is 24.5 Å². The third-order valence-corrected chi connectivity index (χ3v) is 5.55. The first kappa shape index (κ1) is 20.5. The predicted octanol–water partition coefficient (Wildman–Crippen LogP) is 4.30. The van der Waals surface area contributed by atoms with Gasteiger partial charge in [-0.2, -0.15) is 13.2 Å². The highest BCUT2D eigenvalue weighted by Crippen LogP contribution is 2.30. The van der Waals surface area contributed by atoms with E-state index in [-0.39, 0.29) is 24.8 Å². The van der Waals surface area contributed by atoms with E-state index in [1.807, 2.05) is 0 Å². The molecular formula is C19H14ClF3N4O2S. The van der Waals surface area contributed by atoms with Gasteiger partial charge in [0.15, 0.2) is 5.82 Å². The molecule has 0 saturated carbocycles. The average molecular weight is 455 g/mol. The van der Waals surface area contributed by atoms with Gasteiger partial charge in [-0.3, -0.25) is 4.79 Å². The molecular weight excluding hydrogens is 441 g/mol. The molecule has 0 unspecified atom stereocenters. The molecule has 0 N–H and O–H groups in total. The summed E-state index contributed by atoms with van der Waals surface area (Å²) in [6, 6.07) is 11.6. The van der Waals surface area contributed by atoms with Crippen molar-refractivity contribution < 1.29 is 22.7 Å². The summed E-state index contributed by atoms with van der Waals surface area (Å²) >= 11 is 7.33. The minimum Gasteiger partial charge on any atom is -0.484 e. The van der Waals surface area contributed by atoms with Gasteiger partial charge in [0.25, 0.3) is 5.91 Å². The number of halogens is 4. The van der Waals surface area contributed by atoms with E-state index in [2.05, 4.69) is 10.2 Å². The zero-order chi connectivity index (χ0) is 21.3. The van der Waals surface area contributed by atoms with Crippen LogP contribution >= 0.6 is 23.4 Å². The molecule has 0 saturated heterocycles. The van der Waals surface area contributed by atoms with Crippen molar-refractivity contribution in [3.05, 3.63) is 70.5 Å². The molecule has 0 spiro atoms. The third-order valence-electron chi connectivity index (χ3n) is 4.34. The molecule has 30 heavy (non-hydrogen) atoms. The lowest BCUT2D eigenvalue weighted by molar-refractivity contribution is -0.137. The first-order valence-corrected chi connectivity index (χ1v) is 10.1. The van der Waals surface area contributed by atoms with Gasteiger partial charge in [0, 0.05) is 0 Å². The molecule has 1 amide bonds. The van der Waals surface area contributed by atoms with E-state index in [0.29, 0.717) is 27.3 Å². The molecule has 2 aromatic carbocycles. The van der Waals surface area contributed by atoms with Crippen molar-refractivity contribution in [3.8, 4) is 5.75 Å². The van der Waals surface area contributed by atoms with Crippen molar-refractivity contribution >= 4 is 29.3 Å². The van der Waals surface area contributed by atoms with Crippen molar-refractivity contribution in [1.82, 2.24) is 14.9 Å². The molecule has 6 nitrogen and oxygen atoms in total. The molecule has 156 valence electrons. The number of hydrogen-bond acceptors (Lipinski definition) is 5. The quantitative estimate of drug-likeness (QED) is 0.575. The Morgan fingerprint density at radius 2 is 1.83 bits per heavy atom. The lowest BCUT2D eigenvalue weighted by Crippen LogP contribution is -2.45. The molecule has 1 aromatic heterocycles. The Labute approximate surface area is 178 Å². The Balaban J connectivity index is 1.57. The summed E-state index contributed by atoms with van der Waals surface area (Å²) in [6.45, 7) is 0.0791. The van der Waals surface area contributed by atoms with Crippen molar-refractivity contribution in [3.63, 3.8) is 0 Å². The molecule has 2 heterocycles. The Kier molecular flexibility index (Phi) is 5.61. The van der Waals surface area contributed by atoms with Gasteiger partial charge in [0.2, 0.25) is 5.16 Å². The van der Waals surface area contributed by atoms with Crippen LogP contribution in [0.4, 0.5) is 13.2 Å². The normalized spacial score (nSPS) is 14.0. The van der Waals surface area contributed by atoms with Gasteiger partial charge < -0.3 is 4.74 Å². The number of nitrogens with zero attached hydrogens (tertiary/aromatic N) is 4. The van der Waals surface area contributed by atoms with Crippen LogP contribution in [0.3, 0.4) is 0 Å². The maximum Gasteiger partial charge on any atom is 0.416 e. The van der Waals surface area contributed by atoms with E-state index in [4.69, 9.17) is 16.3 Å². The third kappa shape index (κ3) is 4.24. The average Bonchev–Trinajstić information content (AvgIpc) is 3.12. The summed E-state index contributed by atoms with van der Waals surface area (Å²) < 4.78 is 45.6. The lowest BCUT2D eigenvalue weighted by atomic mass is 10.1. The lowest BCUT2D eigenvalue weighted by Gasteiger charge is -2.29. The van der Waals surface area contributed by atoms with E-state index < -0.39 is 11.7 Å². The standard InChI is InChI=1S/C19H14ClF3N4O2S/c20-14-3-1-2-4-15(14)29-10-16-24-25-18-27(16)26(17(28)11-30-18)9-12-5-7-13(8-6-12)19(21,22)23/h1-8H,9-11H2. The van der Waals surface area contributed by atoms with Crippen LogP contribution in [0.2, 0.25) is 5.02 Å². The maximum atomic E-state index is 12.8. The Morgan fingerprint density at radius 1 is 1.10 bits per heavy atom. The van der Waals surface area contributed by atoms with Crippen LogP contribution in [0.25, 0.3) is 0 Å². The molecule has 0 fully saturated rings. The Bertz CT molecular complexity index is 1070. The SMILES string of the molecule is O=C1CSc2nnc(COc3ccccc3Cl)n2N1Cc1ccc(C(F)(F)F)cc1. The fourth-order valence-corrected chi connectivity index (χ4v) is 3.88. The molecule has 4 rings (SSSR count). The monoisotopic (exact) mass is 454 g/mol. The number of carbonyl (C=O) groups excluding carboxylic acids is 1. The number of ether oxygens (including phenoxy) is 1. The highest BCUT2D eigenvalue weighted by atomic mass is 35.5. The molecule has 3 aromatic rings. The van der Waals surface area contributed by atoms with Crippen LogP contribution in [0, 0.1) is 0 Å². The number of hydrogen-bond donors (Lipinski definition) is 0. The summed E-state index contributed by atoms with van der Waals surface area (Å²) in [7, 11) is 0. The summed E-state index contributed by atoms with van der Waals surface area (Å²) in [5, 5.41) is 10.5. The molecule has 1 aliphatic heterocycles. The second-order valence-electron chi connectivity index (χ2n) is 6.36. The molecule has 0 bridgehead atoms. The van der Waals surface area contributed by atoms with Crippen LogP contribution in [0.15, 0.2) is 53.7 Å². The minimum atomic E-state index is -4.42. The predicted molar refractivity (Wildman–Crippen MR) is 105 cm³/mol. The topological polar surface area (TPSA) is 60.2 Å². The number of alkyl halides is 3. The summed E-state index contributed by atoms with van der Waals surface area (Å²) in [5.74, 6) is 0.772. The molecule has 0 radical (unpaired) electrons. The Hall–Kier alpha value is -2.72. The zero-order valence-electron chi connectivity index (χ0n) is 15.3. The molecule has 0 atom stereocenters. The largest absolute Gasteiger partial charge is 0.484 e. The first-order chi connectivity index (χ1) is 14.3. The Morgan fingerprint density at radius 3 is 2.53 bits per heavy atom. The molecule has 1 aliphatic rings. The fourth-order valence-electron chi connectivity index (χ4n) is 2.87. The number of benzene rings is 2. The van der Waals surface area contributed by atoms with Gasteiger partial charge in [-0.1, -0.05) is 47.6 Å². The molecule has 0 aliphatic carbocycles. The minimum absolute atomic E-state index is 0.00802. The van der Waals surface area contributed by atoms with Gasteiger partial charge in [0.05, 0.1) is 22.9 Å². The van der Waals surface area contributed by atoms with Crippen molar-refractivity contribution in [2.24, 2.45) is 0 Å². The van der Waals surface area contributed by atoms with Crippen molar-refractivity contribution in [1.29, 1.82) is 0 Å². The van der Waals surface area contributed by atoms with Crippen LogP contribution in [0.1, 0.15) is 17.0 Å². The van der Waals surface area contributed by atoms with Gasteiger partial charge in [-0.25, -0.2) is 9.69 Å². The van der Waals surface area contributed by atoms with Crippen molar-refractivity contribution in [2.75, 3.05) is 10.8 Å².